The fraction of sp³-hybridized carbons (Fsp3) is 0.0833. The van der Waals surface area contributed by atoms with Crippen LogP contribution >= 0.6 is 39.3 Å². The maximum Gasteiger partial charge on any atom is 0.293 e. The molecule has 0 aliphatic carbocycles. The van der Waals surface area contributed by atoms with Gasteiger partial charge in [-0.15, -0.1) is 0 Å². The number of benzene rings is 3. The second-order valence-corrected chi connectivity index (χ2v) is 9.48. The van der Waals surface area contributed by atoms with E-state index in [2.05, 4.69) is 15.9 Å². The highest BCUT2D eigenvalue weighted by Crippen LogP contribution is 2.36. The van der Waals surface area contributed by atoms with E-state index in [1.807, 2.05) is 18.2 Å². The highest BCUT2D eigenvalue weighted by Gasteiger charge is 2.36. The standard InChI is InChI=1S/C24H16BrClN2O5S/c25-18-11-15(9-10-21(18)33-14-17-6-1-3-7-19(17)26)12-22-23(29)27(24(30)34-22)13-16-5-2-4-8-20(16)28(31)32/h1-12H,13-14H2/b22-12+. The Labute approximate surface area is 212 Å². The average molecular weight is 560 g/mol. The van der Waals surface area contributed by atoms with E-state index in [4.69, 9.17) is 16.3 Å². The number of imide groups is 1. The van der Waals surface area contributed by atoms with E-state index in [-0.39, 0.29) is 17.1 Å². The molecule has 7 nitrogen and oxygen atoms in total. The topological polar surface area (TPSA) is 89.8 Å². The van der Waals surface area contributed by atoms with Crippen LogP contribution in [0.25, 0.3) is 6.08 Å². The molecule has 1 aliphatic rings. The number of ether oxygens (including phenoxy) is 1. The van der Waals surface area contributed by atoms with E-state index in [0.717, 1.165) is 22.2 Å². The summed E-state index contributed by atoms with van der Waals surface area (Å²) in [6.45, 7) is 0.125. The Morgan fingerprint density at radius 2 is 1.76 bits per heavy atom. The van der Waals surface area contributed by atoms with Crippen LogP contribution < -0.4 is 4.74 Å². The van der Waals surface area contributed by atoms with Gasteiger partial charge in [-0.3, -0.25) is 24.6 Å². The van der Waals surface area contributed by atoms with E-state index >= 15 is 0 Å². The Bertz CT molecular complexity index is 1330. The minimum atomic E-state index is -0.531. The maximum atomic E-state index is 12.8. The molecule has 0 aromatic heterocycles. The summed E-state index contributed by atoms with van der Waals surface area (Å²) < 4.78 is 6.51. The van der Waals surface area contributed by atoms with Gasteiger partial charge >= 0.3 is 0 Å². The lowest BCUT2D eigenvalue weighted by atomic mass is 10.1. The SMILES string of the molecule is O=C1S/C(=C/c2ccc(OCc3ccccc3Cl)c(Br)c2)C(=O)N1Cc1ccccc1[N+](=O)[O-]. The maximum absolute atomic E-state index is 12.8. The normalized spacial score (nSPS) is 14.6. The average Bonchev–Trinajstić information content (AvgIpc) is 3.07. The number of halogens is 2. The van der Waals surface area contributed by atoms with Crippen LogP contribution in [0.1, 0.15) is 16.7 Å². The van der Waals surface area contributed by atoms with Crippen molar-refractivity contribution >= 4 is 62.2 Å². The molecule has 1 aliphatic heterocycles. The lowest BCUT2D eigenvalue weighted by Crippen LogP contribution is -2.27. The van der Waals surface area contributed by atoms with Crippen molar-refractivity contribution in [2.75, 3.05) is 0 Å². The third kappa shape index (κ3) is 5.32. The zero-order valence-corrected chi connectivity index (χ0v) is 20.6. The number of para-hydroxylation sites is 1. The molecule has 3 aromatic rings. The number of carbonyl (C=O) groups excluding carboxylic acids is 2. The molecule has 1 fully saturated rings. The fourth-order valence-corrected chi connectivity index (χ4v) is 4.82. The van der Waals surface area contributed by atoms with Gasteiger partial charge in [0.1, 0.15) is 12.4 Å². The number of hydrogen-bond acceptors (Lipinski definition) is 6. The first-order chi connectivity index (χ1) is 16.3. The minimum Gasteiger partial charge on any atom is -0.488 e. The van der Waals surface area contributed by atoms with Gasteiger partial charge in [0, 0.05) is 22.2 Å². The lowest BCUT2D eigenvalue weighted by Gasteiger charge is -2.12. The van der Waals surface area contributed by atoms with Gasteiger partial charge in [0.25, 0.3) is 16.8 Å². The van der Waals surface area contributed by atoms with Crippen LogP contribution in [-0.4, -0.2) is 21.0 Å². The highest BCUT2D eigenvalue weighted by molar-refractivity contribution is 9.10. The van der Waals surface area contributed by atoms with Crippen LogP contribution in [0, 0.1) is 10.1 Å². The third-order valence-corrected chi connectivity index (χ3v) is 6.88. The molecule has 0 bridgehead atoms. The van der Waals surface area contributed by atoms with Gasteiger partial charge in [-0.2, -0.15) is 0 Å². The summed E-state index contributed by atoms with van der Waals surface area (Å²) in [7, 11) is 0. The molecule has 1 heterocycles. The fourth-order valence-electron chi connectivity index (χ4n) is 3.28. The van der Waals surface area contributed by atoms with Crippen molar-refractivity contribution in [3.8, 4) is 5.75 Å². The first kappa shape index (κ1) is 24.0. The Morgan fingerprint density at radius 3 is 2.47 bits per heavy atom. The van der Waals surface area contributed by atoms with Gasteiger partial charge in [-0.05, 0) is 57.5 Å². The third-order valence-electron chi connectivity index (χ3n) is 4.99. The smallest absolute Gasteiger partial charge is 0.293 e. The first-order valence-electron chi connectivity index (χ1n) is 9.97. The Balaban J connectivity index is 1.48. The monoisotopic (exact) mass is 558 g/mol. The molecule has 172 valence electrons. The van der Waals surface area contributed by atoms with Crippen molar-refractivity contribution in [2.45, 2.75) is 13.2 Å². The zero-order chi connectivity index (χ0) is 24.2. The second-order valence-electron chi connectivity index (χ2n) is 7.22. The van der Waals surface area contributed by atoms with Gasteiger partial charge in [0.2, 0.25) is 0 Å². The van der Waals surface area contributed by atoms with Gasteiger partial charge in [0.05, 0.1) is 20.8 Å². The quantitative estimate of drug-likeness (QED) is 0.179. The molecule has 0 spiro atoms. The minimum absolute atomic E-state index is 0.137. The Morgan fingerprint density at radius 1 is 1.06 bits per heavy atom. The molecular weight excluding hydrogens is 544 g/mol. The summed E-state index contributed by atoms with van der Waals surface area (Å²) in [4.78, 5) is 37.3. The molecule has 0 unspecified atom stereocenters. The van der Waals surface area contributed by atoms with Crippen LogP contribution in [0.5, 0.6) is 5.75 Å². The van der Waals surface area contributed by atoms with Gasteiger partial charge < -0.3 is 4.74 Å². The molecule has 0 saturated carbocycles. The first-order valence-corrected chi connectivity index (χ1v) is 12.0. The molecule has 0 atom stereocenters. The van der Waals surface area contributed by atoms with Crippen LogP contribution in [0.15, 0.2) is 76.1 Å². The van der Waals surface area contributed by atoms with E-state index < -0.39 is 16.1 Å². The number of rotatable bonds is 7. The number of nitro benzene ring substituents is 1. The van der Waals surface area contributed by atoms with Gasteiger partial charge in [-0.1, -0.05) is 54.1 Å². The molecule has 0 radical (unpaired) electrons. The van der Waals surface area contributed by atoms with Gasteiger partial charge in [-0.25, -0.2) is 0 Å². The number of nitrogens with zero attached hydrogens (tertiary/aromatic N) is 2. The highest BCUT2D eigenvalue weighted by atomic mass is 79.9. The zero-order valence-electron chi connectivity index (χ0n) is 17.4. The van der Waals surface area contributed by atoms with Crippen LogP contribution in [0.2, 0.25) is 5.02 Å². The van der Waals surface area contributed by atoms with Crippen molar-refractivity contribution in [2.24, 2.45) is 0 Å². The molecule has 3 aromatic carbocycles. The largest absolute Gasteiger partial charge is 0.488 e. The summed E-state index contributed by atoms with van der Waals surface area (Å²) in [5.74, 6) is 0.102. The summed E-state index contributed by atoms with van der Waals surface area (Å²) in [5.41, 5.74) is 1.70. The second kappa shape index (κ2) is 10.4. The molecule has 0 N–H and O–H groups in total. The van der Waals surface area contributed by atoms with E-state index in [0.29, 0.717) is 33.0 Å². The van der Waals surface area contributed by atoms with Crippen molar-refractivity contribution in [1.29, 1.82) is 0 Å². The predicted octanol–water partition coefficient (Wildman–Crippen LogP) is 6.83. The molecular formula is C24H16BrClN2O5S. The van der Waals surface area contributed by atoms with Crippen molar-refractivity contribution in [1.82, 2.24) is 4.90 Å². The number of thioether (sulfide) groups is 1. The molecule has 4 rings (SSSR count). The molecule has 10 heteroatoms. The summed E-state index contributed by atoms with van der Waals surface area (Å²) in [5, 5.41) is 11.4. The van der Waals surface area contributed by atoms with E-state index in [1.54, 1.807) is 36.4 Å². The van der Waals surface area contributed by atoms with E-state index in [9.17, 15) is 19.7 Å². The number of amides is 2. The molecule has 34 heavy (non-hydrogen) atoms. The van der Waals surface area contributed by atoms with Crippen molar-refractivity contribution in [3.63, 3.8) is 0 Å². The van der Waals surface area contributed by atoms with Gasteiger partial charge in [0.15, 0.2) is 0 Å². The van der Waals surface area contributed by atoms with Crippen LogP contribution in [-0.2, 0) is 17.9 Å². The van der Waals surface area contributed by atoms with Crippen molar-refractivity contribution in [3.05, 3.63) is 108 Å². The lowest BCUT2D eigenvalue weighted by molar-refractivity contribution is -0.385. The molecule has 2 amide bonds. The number of nitro groups is 1. The number of hydrogen-bond donors (Lipinski definition) is 0. The summed E-state index contributed by atoms with van der Waals surface area (Å²) in [6, 6.07) is 18.7. The summed E-state index contributed by atoms with van der Waals surface area (Å²) in [6.07, 6.45) is 1.60. The predicted molar refractivity (Wildman–Crippen MR) is 135 cm³/mol. The van der Waals surface area contributed by atoms with E-state index in [1.165, 1.54) is 18.2 Å². The van der Waals surface area contributed by atoms with Crippen LogP contribution in [0.3, 0.4) is 0 Å². The van der Waals surface area contributed by atoms with Crippen LogP contribution in [0.4, 0.5) is 10.5 Å². The van der Waals surface area contributed by atoms with Crippen molar-refractivity contribution < 1.29 is 19.2 Å². The molecule has 1 saturated heterocycles. The summed E-state index contributed by atoms with van der Waals surface area (Å²) >= 11 is 10.4. The Kier molecular flexibility index (Phi) is 7.35. The number of carbonyl (C=O) groups is 2. The Hall–Kier alpha value is -3.14.